The van der Waals surface area contributed by atoms with E-state index < -0.39 is 0 Å². The molecule has 0 bridgehead atoms. The molecule has 0 spiro atoms. The molecule has 2 aliphatic rings. The molecule has 18 heavy (non-hydrogen) atoms. The number of aliphatic hydroxyl groups is 1. The largest absolute Gasteiger partial charge is 0.396 e. The van der Waals surface area contributed by atoms with Gasteiger partial charge in [-0.15, -0.1) is 0 Å². The molecule has 2 heteroatoms. The van der Waals surface area contributed by atoms with Crippen LogP contribution >= 0.6 is 0 Å². The van der Waals surface area contributed by atoms with Crippen LogP contribution in [0.1, 0.15) is 65.2 Å². The van der Waals surface area contributed by atoms with Gasteiger partial charge in [-0.05, 0) is 44.6 Å². The van der Waals surface area contributed by atoms with Gasteiger partial charge < -0.3 is 5.11 Å². The monoisotopic (exact) mass is 253 g/mol. The Morgan fingerprint density at radius 1 is 1.17 bits per heavy atom. The average molecular weight is 253 g/mol. The number of hydrogen-bond acceptors (Lipinski definition) is 2. The van der Waals surface area contributed by atoms with E-state index in [2.05, 4.69) is 18.7 Å². The lowest BCUT2D eigenvalue weighted by atomic mass is 9.76. The van der Waals surface area contributed by atoms with Crippen molar-refractivity contribution in [1.29, 1.82) is 0 Å². The minimum atomic E-state index is 0.119. The molecule has 0 aromatic carbocycles. The molecule has 0 amide bonds. The van der Waals surface area contributed by atoms with Crippen molar-refractivity contribution in [1.82, 2.24) is 4.90 Å². The second-order valence-corrected chi connectivity index (χ2v) is 6.94. The summed E-state index contributed by atoms with van der Waals surface area (Å²) in [7, 11) is 0. The second kappa shape index (κ2) is 6.38. The fourth-order valence-corrected chi connectivity index (χ4v) is 4.23. The minimum Gasteiger partial charge on any atom is -0.396 e. The highest BCUT2D eigenvalue weighted by Crippen LogP contribution is 2.37. The standard InChI is InChI=1S/C16H31NO/c1-3-10-16(2,13-18)12-17-11-6-8-14-7-4-5-9-15(14)17/h14-15,18H,3-13H2,1-2H3/t14-,15-,16?/m1/s1. The Labute approximate surface area is 113 Å². The first-order valence-electron chi connectivity index (χ1n) is 8.03. The zero-order valence-electron chi connectivity index (χ0n) is 12.3. The maximum Gasteiger partial charge on any atom is 0.0497 e. The molecule has 1 heterocycles. The topological polar surface area (TPSA) is 23.5 Å². The summed E-state index contributed by atoms with van der Waals surface area (Å²) >= 11 is 0. The fourth-order valence-electron chi connectivity index (χ4n) is 4.23. The fraction of sp³-hybridized carbons (Fsp3) is 1.00. The van der Waals surface area contributed by atoms with E-state index in [1.165, 1.54) is 51.5 Å². The average Bonchev–Trinajstić information content (AvgIpc) is 2.39. The summed E-state index contributed by atoms with van der Waals surface area (Å²) in [6, 6.07) is 0.829. The van der Waals surface area contributed by atoms with E-state index in [-0.39, 0.29) is 5.41 Å². The van der Waals surface area contributed by atoms with Crippen molar-refractivity contribution >= 4 is 0 Å². The summed E-state index contributed by atoms with van der Waals surface area (Å²) in [4.78, 5) is 2.72. The summed E-state index contributed by atoms with van der Waals surface area (Å²) in [5, 5.41) is 9.72. The Kier molecular flexibility index (Phi) is 5.08. The summed E-state index contributed by atoms with van der Waals surface area (Å²) in [6.45, 7) is 7.21. The Bertz CT molecular complexity index is 253. The molecule has 1 N–H and O–H groups in total. The highest BCUT2D eigenvalue weighted by molar-refractivity contribution is 4.90. The molecule has 1 aliphatic heterocycles. The zero-order valence-corrected chi connectivity index (χ0v) is 12.3. The van der Waals surface area contributed by atoms with Gasteiger partial charge in [0.15, 0.2) is 0 Å². The minimum absolute atomic E-state index is 0.119. The van der Waals surface area contributed by atoms with Crippen LogP contribution < -0.4 is 0 Å². The summed E-state index contributed by atoms with van der Waals surface area (Å²) in [6.07, 6.45) is 10.9. The van der Waals surface area contributed by atoms with Crippen molar-refractivity contribution in [3.8, 4) is 0 Å². The lowest BCUT2D eigenvalue weighted by molar-refractivity contribution is 0.00574. The van der Waals surface area contributed by atoms with Gasteiger partial charge in [0.2, 0.25) is 0 Å². The number of aliphatic hydroxyl groups excluding tert-OH is 1. The van der Waals surface area contributed by atoms with Crippen molar-refractivity contribution in [2.45, 2.75) is 71.3 Å². The van der Waals surface area contributed by atoms with Crippen LogP contribution in [-0.2, 0) is 0 Å². The van der Waals surface area contributed by atoms with E-state index in [4.69, 9.17) is 0 Å². The molecule has 1 saturated carbocycles. The van der Waals surface area contributed by atoms with Crippen LogP contribution in [0.15, 0.2) is 0 Å². The van der Waals surface area contributed by atoms with Gasteiger partial charge in [0.25, 0.3) is 0 Å². The van der Waals surface area contributed by atoms with Gasteiger partial charge in [-0.3, -0.25) is 4.90 Å². The second-order valence-electron chi connectivity index (χ2n) is 6.94. The van der Waals surface area contributed by atoms with E-state index in [9.17, 15) is 5.11 Å². The molecule has 2 nitrogen and oxygen atoms in total. The van der Waals surface area contributed by atoms with Gasteiger partial charge in [0.05, 0.1) is 0 Å². The summed E-state index contributed by atoms with van der Waals surface area (Å²) in [5.74, 6) is 0.956. The Morgan fingerprint density at radius 2 is 1.89 bits per heavy atom. The maximum absolute atomic E-state index is 9.72. The molecular formula is C16H31NO. The van der Waals surface area contributed by atoms with E-state index in [1.807, 2.05) is 0 Å². The van der Waals surface area contributed by atoms with E-state index in [1.54, 1.807) is 0 Å². The molecule has 2 fully saturated rings. The number of nitrogens with zero attached hydrogens (tertiary/aromatic N) is 1. The first-order chi connectivity index (χ1) is 8.68. The molecular weight excluding hydrogens is 222 g/mol. The molecule has 0 radical (unpaired) electrons. The van der Waals surface area contributed by atoms with Crippen molar-refractivity contribution in [2.24, 2.45) is 11.3 Å². The predicted molar refractivity (Wildman–Crippen MR) is 76.7 cm³/mol. The highest BCUT2D eigenvalue weighted by atomic mass is 16.3. The van der Waals surface area contributed by atoms with E-state index in [0.717, 1.165) is 24.9 Å². The summed E-state index contributed by atoms with van der Waals surface area (Å²) < 4.78 is 0. The highest BCUT2D eigenvalue weighted by Gasteiger charge is 2.36. The van der Waals surface area contributed by atoms with E-state index >= 15 is 0 Å². The van der Waals surface area contributed by atoms with Gasteiger partial charge >= 0.3 is 0 Å². The number of fused-ring (bicyclic) bond motifs is 1. The van der Waals surface area contributed by atoms with Crippen LogP contribution in [0.3, 0.4) is 0 Å². The maximum atomic E-state index is 9.72. The number of piperidine rings is 1. The quantitative estimate of drug-likeness (QED) is 0.811. The molecule has 3 atom stereocenters. The third-order valence-electron chi connectivity index (χ3n) is 5.18. The van der Waals surface area contributed by atoms with Crippen molar-refractivity contribution in [2.75, 3.05) is 19.7 Å². The number of hydrogen-bond donors (Lipinski definition) is 1. The van der Waals surface area contributed by atoms with Crippen LogP contribution in [0.5, 0.6) is 0 Å². The number of rotatable bonds is 5. The molecule has 1 unspecified atom stereocenters. The third-order valence-corrected chi connectivity index (χ3v) is 5.18. The van der Waals surface area contributed by atoms with Crippen LogP contribution in [0.25, 0.3) is 0 Å². The Balaban J connectivity index is 1.97. The van der Waals surface area contributed by atoms with Crippen molar-refractivity contribution < 1.29 is 5.11 Å². The van der Waals surface area contributed by atoms with Gasteiger partial charge in [0, 0.05) is 24.6 Å². The number of likely N-dealkylation sites (tertiary alicyclic amines) is 1. The third kappa shape index (κ3) is 3.27. The van der Waals surface area contributed by atoms with Crippen molar-refractivity contribution in [3.63, 3.8) is 0 Å². The molecule has 0 aromatic heterocycles. The lowest BCUT2D eigenvalue weighted by Crippen LogP contribution is -2.51. The Morgan fingerprint density at radius 3 is 2.61 bits per heavy atom. The molecule has 1 saturated heterocycles. The normalized spacial score (nSPS) is 32.8. The molecule has 106 valence electrons. The van der Waals surface area contributed by atoms with Crippen LogP contribution in [0, 0.1) is 11.3 Å². The zero-order chi connectivity index (χ0) is 13.0. The van der Waals surface area contributed by atoms with Gasteiger partial charge in [-0.25, -0.2) is 0 Å². The predicted octanol–water partition coefficient (Wildman–Crippen LogP) is 3.44. The van der Waals surface area contributed by atoms with Crippen LogP contribution in [0.4, 0.5) is 0 Å². The Hall–Kier alpha value is -0.0800. The summed E-state index contributed by atoms with van der Waals surface area (Å²) in [5.41, 5.74) is 0.119. The smallest absolute Gasteiger partial charge is 0.0497 e. The lowest BCUT2D eigenvalue weighted by Gasteiger charge is -2.47. The molecule has 1 aliphatic carbocycles. The van der Waals surface area contributed by atoms with Crippen LogP contribution in [-0.4, -0.2) is 35.7 Å². The molecule has 0 aromatic rings. The SMILES string of the molecule is CCCC(C)(CO)CN1CCC[C@H]2CCCC[C@H]21. The first kappa shape index (κ1) is 14.3. The first-order valence-corrected chi connectivity index (χ1v) is 8.03. The van der Waals surface area contributed by atoms with Gasteiger partial charge in [-0.1, -0.05) is 33.1 Å². The van der Waals surface area contributed by atoms with Gasteiger partial charge in [-0.2, -0.15) is 0 Å². The van der Waals surface area contributed by atoms with Gasteiger partial charge in [0.1, 0.15) is 0 Å². The van der Waals surface area contributed by atoms with Crippen molar-refractivity contribution in [3.05, 3.63) is 0 Å². The van der Waals surface area contributed by atoms with E-state index in [0.29, 0.717) is 6.61 Å². The van der Waals surface area contributed by atoms with Crippen LogP contribution in [0.2, 0.25) is 0 Å². The molecule has 2 rings (SSSR count).